The number of likely N-dealkylation sites (tertiary alicyclic amines) is 1. The molecule has 2 aliphatic heterocycles. The molecule has 6 rings (SSSR count). The first-order chi connectivity index (χ1) is 16.9. The molecule has 0 aliphatic carbocycles. The van der Waals surface area contributed by atoms with Crippen molar-refractivity contribution < 1.29 is 4.79 Å². The smallest absolute Gasteiger partial charge is 0.292 e. The second-order valence-corrected chi connectivity index (χ2v) is 9.82. The molecule has 182 valence electrons. The van der Waals surface area contributed by atoms with Crippen molar-refractivity contribution in [1.29, 1.82) is 0 Å². The lowest BCUT2D eigenvalue weighted by Crippen LogP contribution is -2.39. The predicted octanol–water partition coefficient (Wildman–Crippen LogP) is 2.00. The van der Waals surface area contributed by atoms with E-state index in [-0.39, 0.29) is 18.0 Å². The van der Waals surface area contributed by atoms with Gasteiger partial charge in [0.2, 0.25) is 5.82 Å². The molecule has 0 radical (unpaired) electrons. The van der Waals surface area contributed by atoms with Crippen molar-refractivity contribution in [3.05, 3.63) is 46.8 Å². The molecule has 2 aliphatic rings. The van der Waals surface area contributed by atoms with Crippen LogP contribution in [0.1, 0.15) is 65.0 Å². The lowest BCUT2D eigenvalue weighted by Gasteiger charge is -2.34. The molecule has 2 atom stereocenters. The standard InChI is InChI=1S/C24H30N10O/c1-14-12-33-20(27-21(14)31-9-7-17(25)13-31)11-18(30-33)19-6-4-5-8-32(19)23(35)22-28-29-24-26-15(2)10-16(3)34(22)24/h10-12,17,19H,4-9,13,25H2,1-3H3. The molecular formula is C24H30N10O. The number of anilines is 1. The van der Waals surface area contributed by atoms with Crippen molar-refractivity contribution in [1.82, 2.24) is 39.1 Å². The molecule has 0 bridgehead atoms. The number of carbonyl (C=O) groups is 1. The molecule has 2 fully saturated rings. The molecule has 0 spiro atoms. The molecule has 0 aromatic carbocycles. The average Bonchev–Trinajstić information content (AvgIpc) is 3.56. The van der Waals surface area contributed by atoms with Crippen LogP contribution in [0.5, 0.6) is 0 Å². The van der Waals surface area contributed by atoms with Crippen LogP contribution in [0.2, 0.25) is 0 Å². The highest BCUT2D eigenvalue weighted by atomic mass is 16.2. The summed E-state index contributed by atoms with van der Waals surface area (Å²) in [5.41, 5.74) is 10.5. The third-order valence-corrected chi connectivity index (χ3v) is 7.14. The van der Waals surface area contributed by atoms with Gasteiger partial charge in [0.15, 0.2) is 5.65 Å². The number of aromatic nitrogens is 7. The van der Waals surface area contributed by atoms with Gasteiger partial charge in [0.1, 0.15) is 5.82 Å². The summed E-state index contributed by atoms with van der Waals surface area (Å²) >= 11 is 0. The Morgan fingerprint density at radius 2 is 1.91 bits per heavy atom. The van der Waals surface area contributed by atoms with Gasteiger partial charge in [-0.05, 0) is 52.5 Å². The minimum atomic E-state index is -0.149. The van der Waals surface area contributed by atoms with E-state index in [1.165, 1.54) is 0 Å². The van der Waals surface area contributed by atoms with E-state index < -0.39 is 0 Å². The summed E-state index contributed by atoms with van der Waals surface area (Å²) in [5, 5.41) is 13.2. The zero-order chi connectivity index (χ0) is 24.3. The topological polar surface area (TPSA) is 123 Å². The van der Waals surface area contributed by atoms with Gasteiger partial charge in [0.25, 0.3) is 11.7 Å². The van der Waals surface area contributed by atoms with Gasteiger partial charge in [0.05, 0.1) is 11.7 Å². The number of aryl methyl sites for hydroxylation is 3. The monoisotopic (exact) mass is 474 g/mol. The summed E-state index contributed by atoms with van der Waals surface area (Å²) in [6.45, 7) is 8.28. The van der Waals surface area contributed by atoms with E-state index in [0.717, 1.165) is 72.9 Å². The molecule has 0 saturated carbocycles. The zero-order valence-corrected chi connectivity index (χ0v) is 20.3. The second-order valence-electron chi connectivity index (χ2n) is 9.82. The summed E-state index contributed by atoms with van der Waals surface area (Å²) in [6, 6.07) is 3.98. The Bertz CT molecular complexity index is 1440. The number of nitrogens with zero attached hydrogens (tertiary/aromatic N) is 9. The Kier molecular flexibility index (Phi) is 5.17. The van der Waals surface area contributed by atoms with Gasteiger partial charge in [-0.25, -0.2) is 14.5 Å². The van der Waals surface area contributed by atoms with Crippen molar-refractivity contribution in [2.75, 3.05) is 24.5 Å². The van der Waals surface area contributed by atoms with Gasteiger partial charge in [-0.1, -0.05) is 0 Å². The van der Waals surface area contributed by atoms with Gasteiger partial charge >= 0.3 is 0 Å². The fourth-order valence-corrected chi connectivity index (χ4v) is 5.46. The first-order valence-electron chi connectivity index (χ1n) is 12.3. The molecule has 2 N–H and O–H groups in total. The van der Waals surface area contributed by atoms with E-state index in [2.05, 4.69) is 27.0 Å². The second kappa shape index (κ2) is 8.26. The lowest BCUT2D eigenvalue weighted by atomic mass is 9.99. The Hall–Kier alpha value is -3.60. The van der Waals surface area contributed by atoms with Crippen LogP contribution in [0.25, 0.3) is 11.4 Å². The zero-order valence-electron chi connectivity index (χ0n) is 20.3. The fourth-order valence-electron chi connectivity index (χ4n) is 5.46. The highest BCUT2D eigenvalue weighted by Gasteiger charge is 2.33. The van der Waals surface area contributed by atoms with Crippen molar-refractivity contribution in [3.8, 4) is 0 Å². The molecule has 2 unspecified atom stereocenters. The first kappa shape index (κ1) is 21.9. The minimum absolute atomic E-state index is 0.145. The number of rotatable bonds is 3. The van der Waals surface area contributed by atoms with Gasteiger partial charge in [-0.15, -0.1) is 10.2 Å². The SMILES string of the molecule is Cc1cc(C)n2c(C(=O)N3CCCCC3c3cc4nc(N5CCC(N)C5)c(C)cn4n3)nnc2n1. The number of fused-ring (bicyclic) bond motifs is 2. The number of amides is 1. The number of carbonyl (C=O) groups excluding carboxylic acids is 1. The van der Waals surface area contributed by atoms with Gasteiger partial charge in [0, 0.05) is 54.9 Å². The molecule has 4 aromatic rings. The summed E-state index contributed by atoms with van der Waals surface area (Å²) in [4.78, 5) is 27.2. The van der Waals surface area contributed by atoms with Crippen LogP contribution in [-0.4, -0.2) is 70.7 Å². The van der Waals surface area contributed by atoms with Crippen LogP contribution in [0.3, 0.4) is 0 Å². The molecule has 6 heterocycles. The van der Waals surface area contributed by atoms with E-state index in [9.17, 15) is 4.79 Å². The normalized spacial score (nSPS) is 20.9. The minimum Gasteiger partial charge on any atom is -0.355 e. The Balaban J connectivity index is 1.35. The summed E-state index contributed by atoms with van der Waals surface area (Å²) in [7, 11) is 0. The highest BCUT2D eigenvalue weighted by Crippen LogP contribution is 2.32. The van der Waals surface area contributed by atoms with E-state index >= 15 is 0 Å². The van der Waals surface area contributed by atoms with Crippen LogP contribution in [0.4, 0.5) is 5.82 Å². The number of nitrogens with two attached hydrogens (primary N) is 1. The third-order valence-electron chi connectivity index (χ3n) is 7.14. The van der Waals surface area contributed by atoms with Crippen LogP contribution in [0, 0.1) is 20.8 Å². The quantitative estimate of drug-likeness (QED) is 0.478. The van der Waals surface area contributed by atoms with E-state index in [1.54, 1.807) is 4.40 Å². The maximum absolute atomic E-state index is 13.7. The fraction of sp³-hybridized carbons (Fsp3) is 0.500. The van der Waals surface area contributed by atoms with Crippen LogP contribution in [-0.2, 0) is 0 Å². The molecule has 1 amide bonds. The van der Waals surface area contributed by atoms with E-state index in [0.29, 0.717) is 18.1 Å². The lowest BCUT2D eigenvalue weighted by molar-refractivity contribution is 0.0591. The van der Waals surface area contributed by atoms with E-state index in [4.69, 9.17) is 15.8 Å². The number of hydrogen-bond acceptors (Lipinski definition) is 8. The molecular weight excluding hydrogens is 444 g/mol. The molecule has 11 heteroatoms. The summed E-state index contributed by atoms with van der Waals surface area (Å²) in [6.07, 6.45) is 5.81. The van der Waals surface area contributed by atoms with Crippen LogP contribution in [0.15, 0.2) is 18.3 Å². The van der Waals surface area contributed by atoms with Crippen molar-refractivity contribution in [3.63, 3.8) is 0 Å². The maximum Gasteiger partial charge on any atom is 0.292 e. The number of piperidine rings is 1. The molecule has 4 aromatic heterocycles. The summed E-state index contributed by atoms with van der Waals surface area (Å²) < 4.78 is 3.56. The Morgan fingerprint density at radius 3 is 2.71 bits per heavy atom. The van der Waals surface area contributed by atoms with Crippen LogP contribution < -0.4 is 10.6 Å². The third kappa shape index (κ3) is 3.70. The molecule has 2 saturated heterocycles. The summed E-state index contributed by atoms with van der Waals surface area (Å²) in [5.74, 6) is 1.55. The Labute approximate surface area is 203 Å². The number of hydrogen-bond donors (Lipinski definition) is 1. The maximum atomic E-state index is 13.7. The molecule has 11 nitrogen and oxygen atoms in total. The van der Waals surface area contributed by atoms with Crippen LogP contribution >= 0.6 is 0 Å². The average molecular weight is 475 g/mol. The van der Waals surface area contributed by atoms with Gasteiger partial charge in [-0.2, -0.15) is 5.10 Å². The van der Waals surface area contributed by atoms with E-state index in [1.807, 2.05) is 41.6 Å². The predicted molar refractivity (Wildman–Crippen MR) is 130 cm³/mol. The van der Waals surface area contributed by atoms with Crippen molar-refractivity contribution >= 4 is 23.1 Å². The largest absolute Gasteiger partial charge is 0.355 e. The molecule has 35 heavy (non-hydrogen) atoms. The van der Waals surface area contributed by atoms with Crippen molar-refractivity contribution in [2.45, 2.75) is 58.5 Å². The van der Waals surface area contributed by atoms with Gasteiger partial charge in [-0.3, -0.25) is 9.20 Å². The van der Waals surface area contributed by atoms with Gasteiger partial charge < -0.3 is 15.5 Å². The van der Waals surface area contributed by atoms with Crippen molar-refractivity contribution in [2.24, 2.45) is 5.73 Å². The highest BCUT2D eigenvalue weighted by molar-refractivity contribution is 5.91. The first-order valence-corrected chi connectivity index (χ1v) is 12.3. The Morgan fingerprint density at radius 1 is 1.06 bits per heavy atom.